The maximum atomic E-state index is 11.5. The van der Waals surface area contributed by atoms with Crippen LogP contribution in [-0.4, -0.2) is 44.2 Å². The maximum Gasteiger partial charge on any atom is 0.361 e. The number of unbranched alkanes of at least 4 members (excludes halogenated alkanes) is 1. The van der Waals surface area contributed by atoms with E-state index in [0.717, 1.165) is 24.4 Å². The number of esters is 1. The highest BCUT2D eigenvalue weighted by atomic mass is 35.5. The van der Waals surface area contributed by atoms with Gasteiger partial charge in [-0.15, -0.1) is 0 Å². The summed E-state index contributed by atoms with van der Waals surface area (Å²) in [6.07, 6.45) is 3.89. The molecular formula is C12H23ClNO2+. The summed E-state index contributed by atoms with van der Waals surface area (Å²) in [6.45, 7) is 5.55. The molecule has 0 aliphatic heterocycles. The standard InChI is InChI=1S/C12H23ClNO2/c1-5-6-9-16-12(15)10-14(3,4)8-7-11(2)13/h7H,5-6,8-10H2,1-4H3/q+1. The number of hydrogen-bond acceptors (Lipinski definition) is 2. The van der Waals surface area contributed by atoms with Crippen molar-refractivity contribution in [3.63, 3.8) is 0 Å². The normalized spacial score (nSPS) is 12.7. The molecule has 0 aromatic heterocycles. The zero-order valence-electron chi connectivity index (χ0n) is 10.8. The van der Waals surface area contributed by atoms with Gasteiger partial charge in [0.05, 0.1) is 27.2 Å². The van der Waals surface area contributed by atoms with E-state index in [-0.39, 0.29) is 5.97 Å². The Kier molecular flexibility index (Phi) is 7.43. The van der Waals surface area contributed by atoms with Gasteiger partial charge in [0.15, 0.2) is 6.54 Å². The van der Waals surface area contributed by atoms with Crippen molar-refractivity contribution in [1.29, 1.82) is 0 Å². The van der Waals surface area contributed by atoms with Crippen LogP contribution >= 0.6 is 11.6 Å². The molecule has 3 nitrogen and oxygen atoms in total. The third-order valence-corrected chi connectivity index (χ3v) is 2.34. The molecule has 0 heterocycles. The van der Waals surface area contributed by atoms with E-state index in [9.17, 15) is 4.79 Å². The molecule has 0 aromatic carbocycles. The van der Waals surface area contributed by atoms with Gasteiger partial charge < -0.3 is 9.22 Å². The number of carbonyl (C=O) groups excluding carboxylic acids is 1. The first-order valence-corrected chi connectivity index (χ1v) is 6.05. The molecule has 0 radical (unpaired) electrons. The number of allylic oxidation sites excluding steroid dienone is 1. The van der Waals surface area contributed by atoms with Crippen LogP contribution in [0.4, 0.5) is 0 Å². The smallest absolute Gasteiger partial charge is 0.361 e. The van der Waals surface area contributed by atoms with Crippen molar-refractivity contribution in [3.05, 3.63) is 11.1 Å². The van der Waals surface area contributed by atoms with E-state index in [0.29, 0.717) is 17.6 Å². The minimum atomic E-state index is -0.140. The summed E-state index contributed by atoms with van der Waals surface area (Å²) < 4.78 is 5.68. The molecule has 94 valence electrons. The van der Waals surface area contributed by atoms with Gasteiger partial charge in [-0.25, -0.2) is 4.79 Å². The summed E-state index contributed by atoms with van der Waals surface area (Å²) in [7, 11) is 3.97. The first-order valence-electron chi connectivity index (χ1n) is 5.67. The second-order valence-electron chi connectivity index (χ2n) is 4.64. The second kappa shape index (κ2) is 7.69. The minimum Gasteiger partial charge on any atom is -0.462 e. The number of hydrogen-bond donors (Lipinski definition) is 0. The summed E-state index contributed by atoms with van der Waals surface area (Å²) in [6, 6.07) is 0. The molecule has 0 aliphatic carbocycles. The first-order chi connectivity index (χ1) is 7.37. The zero-order chi connectivity index (χ0) is 12.6. The molecule has 16 heavy (non-hydrogen) atoms. The SMILES string of the molecule is CCCCOC(=O)C[N+](C)(C)CC=C(C)Cl. The Hall–Kier alpha value is -0.540. The van der Waals surface area contributed by atoms with Gasteiger partial charge in [0.25, 0.3) is 0 Å². The van der Waals surface area contributed by atoms with Crippen LogP contribution in [0.3, 0.4) is 0 Å². The van der Waals surface area contributed by atoms with E-state index in [1.54, 1.807) is 0 Å². The summed E-state index contributed by atoms with van der Waals surface area (Å²) in [5, 5.41) is 0.755. The van der Waals surface area contributed by atoms with Gasteiger partial charge in [-0.1, -0.05) is 24.9 Å². The van der Waals surface area contributed by atoms with Crippen LogP contribution in [-0.2, 0) is 9.53 Å². The van der Waals surface area contributed by atoms with Crippen molar-refractivity contribution in [3.8, 4) is 0 Å². The summed E-state index contributed by atoms with van der Waals surface area (Å²) in [5.41, 5.74) is 0. The fourth-order valence-electron chi connectivity index (χ4n) is 1.16. The van der Waals surface area contributed by atoms with Gasteiger partial charge in [0, 0.05) is 5.03 Å². The monoisotopic (exact) mass is 248 g/mol. The lowest BCUT2D eigenvalue weighted by atomic mass is 10.3. The Bertz CT molecular complexity index is 245. The van der Waals surface area contributed by atoms with E-state index >= 15 is 0 Å². The molecule has 0 atom stereocenters. The average Bonchev–Trinajstić information content (AvgIpc) is 2.15. The quantitative estimate of drug-likeness (QED) is 0.393. The molecule has 0 fully saturated rings. The highest BCUT2D eigenvalue weighted by Gasteiger charge is 2.19. The van der Waals surface area contributed by atoms with Crippen molar-refractivity contribution in [1.82, 2.24) is 0 Å². The van der Waals surface area contributed by atoms with Crippen molar-refractivity contribution < 1.29 is 14.0 Å². The van der Waals surface area contributed by atoms with Crippen LogP contribution < -0.4 is 0 Å². The summed E-state index contributed by atoms with van der Waals surface area (Å²) in [5.74, 6) is -0.140. The zero-order valence-corrected chi connectivity index (χ0v) is 11.5. The number of halogens is 1. The Balaban J connectivity index is 3.95. The fraction of sp³-hybridized carbons (Fsp3) is 0.750. The minimum absolute atomic E-state index is 0.140. The number of quaternary nitrogens is 1. The molecule has 0 saturated heterocycles. The van der Waals surface area contributed by atoms with Gasteiger partial charge in [0.2, 0.25) is 0 Å². The third kappa shape index (κ3) is 8.74. The maximum absolute atomic E-state index is 11.5. The number of nitrogens with zero attached hydrogens (tertiary/aromatic N) is 1. The van der Waals surface area contributed by atoms with E-state index in [4.69, 9.17) is 16.3 Å². The van der Waals surface area contributed by atoms with E-state index in [2.05, 4.69) is 6.92 Å². The third-order valence-electron chi connectivity index (χ3n) is 2.18. The Morgan fingerprint density at radius 2 is 2.06 bits per heavy atom. The predicted molar refractivity (Wildman–Crippen MR) is 67.3 cm³/mol. The molecule has 0 bridgehead atoms. The van der Waals surface area contributed by atoms with Gasteiger partial charge in [-0.2, -0.15) is 0 Å². The highest BCUT2D eigenvalue weighted by molar-refractivity contribution is 6.29. The van der Waals surface area contributed by atoms with Crippen LogP contribution in [0.15, 0.2) is 11.1 Å². The topological polar surface area (TPSA) is 26.3 Å². The molecule has 0 unspecified atom stereocenters. The molecular weight excluding hydrogens is 226 g/mol. The van der Waals surface area contributed by atoms with Crippen molar-refractivity contribution >= 4 is 17.6 Å². The largest absolute Gasteiger partial charge is 0.462 e. The number of ether oxygens (including phenoxy) is 1. The van der Waals surface area contributed by atoms with Crippen molar-refractivity contribution in [2.24, 2.45) is 0 Å². The fourth-order valence-corrected chi connectivity index (χ4v) is 1.23. The van der Waals surface area contributed by atoms with Crippen LogP contribution in [0.1, 0.15) is 26.7 Å². The number of rotatable bonds is 7. The molecule has 0 aromatic rings. The highest BCUT2D eigenvalue weighted by Crippen LogP contribution is 2.04. The Labute approximate surface area is 104 Å². The molecule has 0 amide bonds. The Morgan fingerprint density at radius 3 is 2.56 bits per heavy atom. The van der Waals surface area contributed by atoms with Gasteiger partial charge >= 0.3 is 5.97 Å². The lowest BCUT2D eigenvalue weighted by Gasteiger charge is -2.27. The van der Waals surface area contributed by atoms with Crippen LogP contribution in [0.25, 0.3) is 0 Å². The van der Waals surface area contributed by atoms with E-state index in [1.165, 1.54) is 0 Å². The van der Waals surface area contributed by atoms with Gasteiger partial charge in [-0.05, 0) is 19.4 Å². The molecule has 0 N–H and O–H groups in total. The second-order valence-corrected chi connectivity index (χ2v) is 5.24. The van der Waals surface area contributed by atoms with Gasteiger partial charge in [0.1, 0.15) is 0 Å². The Morgan fingerprint density at radius 1 is 1.44 bits per heavy atom. The number of carbonyl (C=O) groups is 1. The van der Waals surface area contributed by atoms with Crippen LogP contribution in [0.5, 0.6) is 0 Å². The van der Waals surface area contributed by atoms with Crippen LogP contribution in [0, 0.1) is 0 Å². The molecule has 4 heteroatoms. The first kappa shape index (κ1) is 15.5. The molecule has 0 rings (SSSR count). The lowest BCUT2D eigenvalue weighted by molar-refractivity contribution is -0.877. The molecule has 0 spiro atoms. The molecule has 0 aliphatic rings. The van der Waals surface area contributed by atoms with E-state index < -0.39 is 0 Å². The average molecular weight is 249 g/mol. The molecule has 0 saturated carbocycles. The predicted octanol–water partition coefficient (Wildman–Crippen LogP) is 2.55. The summed E-state index contributed by atoms with van der Waals surface area (Å²) >= 11 is 5.76. The lowest BCUT2D eigenvalue weighted by Crippen LogP contribution is -2.44. The van der Waals surface area contributed by atoms with Crippen LogP contribution in [0.2, 0.25) is 0 Å². The van der Waals surface area contributed by atoms with Crippen molar-refractivity contribution in [2.75, 3.05) is 33.8 Å². The number of likely N-dealkylation sites (N-methyl/N-ethyl adjacent to an activating group) is 1. The van der Waals surface area contributed by atoms with E-state index in [1.807, 2.05) is 27.1 Å². The summed E-state index contributed by atoms with van der Waals surface area (Å²) in [4.78, 5) is 11.5. The van der Waals surface area contributed by atoms with Gasteiger partial charge in [-0.3, -0.25) is 0 Å². The van der Waals surface area contributed by atoms with Crippen molar-refractivity contribution in [2.45, 2.75) is 26.7 Å².